The number of hydrogen-bond donors (Lipinski definition) is 2. The Bertz CT molecular complexity index is 360. The number of carboxylic acids is 1. The van der Waals surface area contributed by atoms with Gasteiger partial charge in [-0.2, -0.15) is 0 Å². The lowest BCUT2D eigenvalue weighted by Crippen LogP contribution is -2.21. The van der Waals surface area contributed by atoms with Gasteiger partial charge in [0.25, 0.3) is 0 Å². The van der Waals surface area contributed by atoms with Crippen molar-refractivity contribution in [1.82, 2.24) is 4.98 Å². The Balaban J connectivity index is 2.70. The number of aliphatic hydroxyl groups is 1. The van der Waals surface area contributed by atoms with Crippen molar-refractivity contribution in [3.8, 4) is 0 Å². The first-order valence-electron chi connectivity index (χ1n) is 4.43. The van der Waals surface area contributed by atoms with Gasteiger partial charge in [0.1, 0.15) is 0 Å². The molecule has 82 valence electrons. The fraction of sp³-hybridized carbons (Fsp3) is 0.400. The molecule has 5 heteroatoms. The molecular formula is C10H13NO3S. The van der Waals surface area contributed by atoms with Crippen LogP contribution in [0.25, 0.3) is 0 Å². The molecule has 0 aromatic carbocycles. The van der Waals surface area contributed by atoms with Gasteiger partial charge in [0.05, 0.1) is 16.2 Å². The molecule has 0 saturated heterocycles. The minimum absolute atomic E-state index is 0.211. The van der Waals surface area contributed by atoms with Crippen LogP contribution >= 0.6 is 11.8 Å². The molecule has 0 spiro atoms. The second kappa shape index (κ2) is 4.63. The molecule has 0 radical (unpaired) electrons. The van der Waals surface area contributed by atoms with Crippen molar-refractivity contribution in [2.24, 2.45) is 0 Å². The first-order valence-corrected chi connectivity index (χ1v) is 5.41. The maximum absolute atomic E-state index is 10.7. The average molecular weight is 227 g/mol. The molecule has 1 heterocycles. The van der Waals surface area contributed by atoms with Crippen LogP contribution in [0.5, 0.6) is 0 Å². The topological polar surface area (TPSA) is 70.4 Å². The summed E-state index contributed by atoms with van der Waals surface area (Å²) in [5.41, 5.74) is -0.575. The number of hydrogen-bond acceptors (Lipinski definition) is 4. The molecule has 0 unspecified atom stereocenters. The Labute approximate surface area is 92.3 Å². The van der Waals surface area contributed by atoms with E-state index >= 15 is 0 Å². The molecule has 4 nitrogen and oxygen atoms in total. The lowest BCUT2D eigenvalue weighted by atomic mass is 10.2. The second-order valence-electron chi connectivity index (χ2n) is 3.79. The fourth-order valence-corrected chi connectivity index (χ4v) is 1.72. The van der Waals surface area contributed by atoms with Crippen LogP contribution in [0.4, 0.5) is 0 Å². The monoisotopic (exact) mass is 227 g/mol. The van der Waals surface area contributed by atoms with Gasteiger partial charge in [0.15, 0.2) is 0 Å². The molecule has 0 saturated carbocycles. The standard InChI is InChI=1S/C10H13NO3S/c1-10(2,14)6-15-8-5-7(9(12)13)3-4-11-8/h3-5,14H,6H2,1-2H3,(H,12,13). The summed E-state index contributed by atoms with van der Waals surface area (Å²) in [5.74, 6) is -0.495. The van der Waals surface area contributed by atoms with E-state index < -0.39 is 11.6 Å². The van der Waals surface area contributed by atoms with Crippen molar-refractivity contribution >= 4 is 17.7 Å². The van der Waals surface area contributed by atoms with Crippen LogP contribution in [0.2, 0.25) is 0 Å². The minimum Gasteiger partial charge on any atom is -0.478 e. The largest absolute Gasteiger partial charge is 0.478 e. The van der Waals surface area contributed by atoms with Gasteiger partial charge in [-0.3, -0.25) is 0 Å². The predicted octanol–water partition coefficient (Wildman–Crippen LogP) is 1.64. The molecule has 0 amide bonds. The van der Waals surface area contributed by atoms with Gasteiger partial charge in [-0.25, -0.2) is 9.78 Å². The zero-order valence-electron chi connectivity index (χ0n) is 8.60. The number of carboxylic acid groups (broad SMARTS) is 1. The van der Waals surface area contributed by atoms with E-state index in [1.165, 1.54) is 30.1 Å². The molecule has 0 bridgehead atoms. The summed E-state index contributed by atoms with van der Waals surface area (Å²) in [7, 11) is 0. The lowest BCUT2D eigenvalue weighted by molar-refractivity contribution is 0.0696. The van der Waals surface area contributed by atoms with Gasteiger partial charge in [-0.15, -0.1) is 11.8 Å². The van der Waals surface area contributed by atoms with E-state index in [-0.39, 0.29) is 5.56 Å². The molecule has 0 aliphatic rings. The number of carbonyl (C=O) groups is 1. The molecule has 0 atom stereocenters. The van der Waals surface area contributed by atoms with E-state index in [9.17, 15) is 9.90 Å². The second-order valence-corrected chi connectivity index (χ2v) is 4.78. The minimum atomic E-state index is -0.970. The number of rotatable bonds is 4. The van der Waals surface area contributed by atoms with E-state index in [1.807, 2.05) is 0 Å². The maximum atomic E-state index is 10.7. The quantitative estimate of drug-likeness (QED) is 0.765. The third-order valence-corrected chi connectivity index (χ3v) is 2.92. The Morgan fingerprint density at radius 1 is 1.60 bits per heavy atom. The zero-order chi connectivity index (χ0) is 11.5. The van der Waals surface area contributed by atoms with Gasteiger partial charge >= 0.3 is 5.97 Å². The van der Waals surface area contributed by atoms with Crippen LogP contribution in [0, 0.1) is 0 Å². The Hall–Kier alpha value is -1.07. The summed E-state index contributed by atoms with van der Waals surface area (Å²) in [4.78, 5) is 14.7. The van der Waals surface area contributed by atoms with Crippen LogP contribution in [0.3, 0.4) is 0 Å². The third kappa shape index (κ3) is 4.31. The summed E-state index contributed by atoms with van der Waals surface area (Å²) >= 11 is 1.33. The van der Waals surface area contributed by atoms with Crippen molar-refractivity contribution in [2.45, 2.75) is 24.5 Å². The van der Waals surface area contributed by atoms with Crippen LogP contribution in [0.15, 0.2) is 23.4 Å². The molecule has 0 fully saturated rings. The van der Waals surface area contributed by atoms with Crippen molar-refractivity contribution in [2.75, 3.05) is 5.75 Å². The Kier molecular flexibility index (Phi) is 3.71. The Morgan fingerprint density at radius 2 is 2.27 bits per heavy atom. The molecule has 0 aliphatic heterocycles. The molecule has 0 aliphatic carbocycles. The highest BCUT2D eigenvalue weighted by atomic mass is 32.2. The van der Waals surface area contributed by atoms with Crippen molar-refractivity contribution < 1.29 is 15.0 Å². The highest BCUT2D eigenvalue weighted by Crippen LogP contribution is 2.21. The van der Waals surface area contributed by atoms with Gasteiger partial charge in [0, 0.05) is 11.9 Å². The fourth-order valence-electron chi connectivity index (χ4n) is 0.872. The van der Waals surface area contributed by atoms with E-state index in [1.54, 1.807) is 13.8 Å². The van der Waals surface area contributed by atoms with Crippen molar-refractivity contribution in [3.05, 3.63) is 23.9 Å². The van der Waals surface area contributed by atoms with E-state index in [4.69, 9.17) is 5.11 Å². The van der Waals surface area contributed by atoms with Gasteiger partial charge in [0.2, 0.25) is 0 Å². The molecular weight excluding hydrogens is 214 g/mol. The van der Waals surface area contributed by atoms with Gasteiger partial charge in [-0.05, 0) is 26.0 Å². The number of aromatic carboxylic acids is 1. The number of nitrogens with zero attached hydrogens (tertiary/aromatic N) is 1. The van der Waals surface area contributed by atoms with Gasteiger partial charge in [-0.1, -0.05) is 0 Å². The normalized spacial score (nSPS) is 11.4. The van der Waals surface area contributed by atoms with E-state index in [2.05, 4.69) is 4.98 Å². The zero-order valence-corrected chi connectivity index (χ0v) is 9.41. The summed E-state index contributed by atoms with van der Waals surface area (Å²) in [6.45, 7) is 3.39. The van der Waals surface area contributed by atoms with Crippen LogP contribution in [0.1, 0.15) is 24.2 Å². The van der Waals surface area contributed by atoms with E-state index in [0.717, 1.165) is 0 Å². The van der Waals surface area contributed by atoms with Gasteiger partial charge < -0.3 is 10.2 Å². The predicted molar refractivity (Wildman–Crippen MR) is 58.2 cm³/mol. The average Bonchev–Trinajstić information content (AvgIpc) is 2.14. The number of pyridine rings is 1. The van der Waals surface area contributed by atoms with Crippen LogP contribution in [-0.4, -0.2) is 32.5 Å². The summed E-state index contributed by atoms with van der Waals surface area (Å²) in [6, 6.07) is 2.94. The van der Waals surface area contributed by atoms with E-state index in [0.29, 0.717) is 10.8 Å². The molecule has 15 heavy (non-hydrogen) atoms. The third-order valence-electron chi connectivity index (χ3n) is 1.56. The van der Waals surface area contributed by atoms with Crippen LogP contribution in [-0.2, 0) is 0 Å². The summed E-state index contributed by atoms with van der Waals surface area (Å²) in [6.07, 6.45) is 1.45. The first kappa shape index (κ1) is 12.0. The molecule has 1 aromatic heterocycles. The Morgan fingerprint density at radius 3 is 2.80 bits per heavy atom. The molecule has 1 rings (SSSR count). The summed E-state index contributed by atoms with van der Waals surface area (Å²) in [5, 5.41) is 18.9. The van der Waals surface area contributed by atoms with Crippen LogP contribution < -0.4 is 0 Å². The smallest absolute Gasteiger partial charge is 0.335 e. The maximum Gasteiger partial charge on any atom is 0.335 e. The van der Waals surface area contributed by atoms with Crippen molar-refractivity contribution in [3.63, 3.8) is 0 Å². The summed E-state index contributed by atoms with van der Waals surface area (Å²) < 4.78 is 0. The molecule has 2 N–H and O–H groups in total. The number of thioether (sulfide) groups is 1. The number of aromatic nitrogens is 1. The first-order chi connectivity index (χ1) is 6.88. The lowest BCUT2D eigenvalue weighted by Gasteiger charge is -2.15. The molecule has 1 aromatic rings. The SMILES string of the molecule is CC(C)(O)CSc1cc(C(=O)O)ccn1. The highest BCUT2D eigenvalue weighted by molar-refractivity contribution is 7.99. The van der Waals surface area contributed by atoms with Crippen molar-refractivity contribution in [1.29, 1.82) is 0 Å². The highest BCUT2D eigenvalue weighted by Gasteiger charge is 2.13.